The van der Waals surface area contributed by atoms with Crippen molar-refractivity contribution in [3.05, 3.63) is 0 Å². The van der Waals surface area contributed by atoms with Gasteiger partial charge < -0.3 is 9.47 Å². The van der Waals surface area contributed by atoms with Crippen LogP contribution in [0, 0.1) is 5.92 Å². The Hall–Kier alpha value is -0.160. The highest BCUT2D eigenvalue weighted by molar-refractivity contribution is 4.89. The van der Waals surface area contributed by atoms with Crippen LogP contribution in [0.15, 0.2) is 0 Å². The van der Waals surface area contributed by atoms with Crippen LogP contribution < -0.4 is 11.3 Å². The summed E-state index contributed by atoms with van der Waals surface area (Å²) in [7, 11) is 1.74. The second kappa shape index (κ2) is 5.66. The van der Waals surface area contributed by atoms with Crippen molar-refractivity contribution in [2.75, 3.05) is 13.7 Å². The highest BCUT2D eigenvalue weighted by Crippen LogP contribution is 2.35. The Morgan fingerprint density at radius 1 is 1.43 bits per heavy atom. The molecule has 84 valence electrons. The van der Waals surface area contributed by atoms with Gasteiger partial charge in [-0.05, 0) is 32.6 Å². The van der Waals surface area contributed by atoms with Gasteiger partial charge in [-0.15, -0.1) is 0 Å². The minimum Gasteiger partial charge on any atom is -0.379 e. The highest BCUT2D eigenvalue weighted by Gasteiger charge is 2.36. The average molecular weight is 202 g/mol. The third-order valence-corrected chi connectivity index (χ3v) is 2.58. The molecule has 1 rings (SSSR count). The van der Waals surface area contributed by atoms with E-state index < -0.39 is 0 Å². The van der Waals surface area contributed by atoms with Crippen LogP contribution in [0.4, 0.5) is 0 Å². The smallest absolute Gasteiger partial charge is 0.0788 e. The Labute approximate surface area is 86.1 Å². The van der Waals surface area contributed by atoms with Crippen LogP contribution in [-0.2, 0) is 9.47 Å². The molecule has 0 aromatic carbocycles. The van der Waals surface area contributed by atoms with Gasteiger partial charge in [0.2, 0.25) is 0 Å². The lowest BCUT2D eigenvalue weighted by molar-refractivity contribution is -0.00702. The molecule has 0 saturated heterocycles. The quantitative estimate of drug-likeness (QED) is 0.470. The monoisotopic (exact) mass is 202 g/mol. The predicted molar refractivity (Wildman–Crippen MR) is 55.7 cm³/mol. The lowest BCUT2D eigenvalue weighted by Gasteiger charge is -2.25. The standard InChI is InChI=1S/C10H22N2O2/c1-7(2)14-6-9(12-11)10(13-3)8-4-5-8/h7-10,12H,4-6,11H2,1-3H3. The second-order valence-corrected chi connectivity index (χ2v) is 4.19. The fourth-order valence-corrected chi connectivity index (χ4v) is 1.64. The van der Waals surface area contributed by atoms with Gasteiger partial charge >= 0.3 is 0 Å². The molecular formula is C10H22N2O2. The van der Waals surface area contributed by atoms with Crippen molar-refractivity contribution < 1.29 is 9.47 Å². The maximum Gasteiger partial charge on any atom is 0.0788 e. The fraction of sp³-hybridized carbons (Fsp3) is 1.00. The summed E-state index contributed by atoms with van der Waals surface area (Å²) in [5, 5.41) is 0. The summed E-state index contributed by atoms with van der Waals surface area (Å²) in [6.45, 7) is 4.65. The molecule has 1 fully saturated rings. The van der Waals surface area contributed by atoms with E-state index in [4.69, 9.17) is 15.3 Å². The van der Waals surface area contributed by atoms with E-state index in [1.165, 1.54) is 12.8 Å². The van der Waals surface area contributed by atoms with Gasteiger partial charge in [0, 0.05) is 7.11 Å². The summed E-state index contributed by atoms with van der Waals surface area (Å²) in [4.78, 5) is 0. The van der Waals surface area contributed by atoms with Crippen molar-refractivity contribution in [1.82, 2.24) is 5.43 Å². The first-order valence-corrected chi connectivity index (χ1v) is 5.29. The summed E-state index contributed by atoms with van der Waals surface area (Å²) in [6.07, 6.45) is 2.93. The van der Waals surface area contributed by atoms with Crippen LogP contribution in [0.1, 0.15) is 26.7 Å². The number of hydrogen-bond donors (Lipinski definition) is 2. The maximum atomic E-state index is 5.53. The number of nitrogens with two attached hydrogens (primary N) is 1. The topological polar surface area (TPSA) is 56.5 Å². The van der Waals surface area contributed by atoms with E-state index in [0.29, 0.717) is 12.5 Å². The summed E-state index contributed by atoms with van der Waals surface area (Å²) in [5.41, 5.74) is 2.78. The van der Waals surface area contributed by atoms with E-state index >= 15 is 0 Å². The number of hydrazine groups is 1. The largest absolute Gasteiger partial charge is 0.379 e. The van der Waals surface area contributed by atoms with Gasteiger partial charge in [-0.2, -0.15) is 0 Å². The molecule has 1 saturated carbocycles. The molecular weight excluding hydrogens is 180 g/mol. The summed E-state index contributed by atoms with van der Waals surface area (Å²) >= 11 is 0. The fourth-order valence-electron chi connectivity index (χ4n) is 1.64. The molecule has 1 aliphatic carbocycles. The van der Waals surface area contributed by atoms with Crippen LogP contribution in [0.3, 0.4) is 0 Å². The predicted octanol–water partition coefficient (Wildman–Crippen LogP) is 0.668. The number of hydrogen-bond acceptors (Lipinski definition) is 4. The molecule has 4 heteroatoms. The minimum absolute atomic E-state index is 0.106. The van der Waals surface area contributed by atoms with Crippen LogP contribution >= 0.6 is 0 Å². The Morgan fingerprint density at radius 3 is 2.43 bits per heavy atom. The Kier molecular flexibility index (Phi) is 4.81. The van der Waals surface area contributed by atoms with E-state index in [9.17, 15) is 0 Å². The Morgan fingerprint density at radius 2 is 2.07 bits per heavy atom. The SMILES string of the molecule is COC(C1CC1)C(COC(C)C)NN. The molecule has 3 N–H and O–H groups in total. The van der Waals surface area contributed by atoms with Crippen molar-refractivity contribution in [1.29, 1.82) is 0 Å². The second-order valence-electron chi connectivity index (χ2n) is 4.19. The molecule has 0 aromatic rings. The van der Waals surface area contributed by atoms with Crippen molar-refractivity contribution in [2.24, 2.45) is 11.8 Å². The van der Waals surface area contributed by atoms with E-state index in [0.717, 1.165) is 0 Å². The van der Waals surface area contributed by atoms with E-state index in [2.05, 4.69) is 5.43 Å². The first kappa shape index (κ1) is 11.9. The number of rotatable bonds is 7. The van der Waals surface area contributed by atoms with E-state index in [1.807, 2.05) is 13.8 Å². The molecule has 0 bridgehead atoms. The molecule has 2 unspecified atom stereocenters. The van der Waals surface area contributed by atoms with Gasteiger partial charge in [-0.1, -0.05) is 0 Å². The highest BCUT2D eigenvalue weighted by atomic mass is 16.5. The van der Waals surface area contributed by atoms with Gasteiger partial charge in [-0.25, -0.2) is 0 Å². The molecule has 0 heterocycles. The van der Waals surface area contributed by atoms with Crippen molar-refractivity contribution in [2.45, 2.75) is 44.9 Å². The van der Waals surface area contributed by atoms with Gasteiger partial charge in [0.25, 0.3) is 0 Å². The average Bonchev–Trinajstić information content (AvgIpc) is 2.95. The number of nitrogens with one attached hydrogen (secondary N) is 1. The molecule has 0 aliphatic heterocycles. The van der Waals surface area contributed by atoms with Gasteiger partial charge in [-0.3, -0.25) is 11.3 Å². The maximum absolute atomic E-state index is 5.53. The van der Waals surface area contributed by atoms with Gasteiger partial charge in [0.15, 0.2) is 0 Å². The van der Waals surface area contributed by atoms with E-state index in [1.54, 1.807) is 7.11 Å². The normalized spacial score (nSPS) is 21.2. The van der Waals surface area contributed by atoms with Gasteiger partial charge in [0.1, 0.15) is 0 Å². The third kappa shape index (κ3) is 3.53. The van der Waals surface area contributed by atoms with Crippen LogP contribution in [0.5, 0.6) is 0 Å². The zero-order valence-electron chi connectivity index (χ0n) is 9.32. The summed E-state index contributed by atoms with van der Waals surface area (Å²) in [6, 6.07) is 0.106. The lowest BCUT2D eigenvalue weighted by Crippen LogP contribution is -2.49. The first-order valence-electron chi connectivity index (χ1n) is 5.29. The Balaban J connectivity index is 2.33. The minimum atomic E-state index is 0.106. The number of ether oxygens (including phenoxy) is 2. The molecule has 2 atom stereocenters. The molecule has 0 amide bonds. The van der Waals surface area contributed by atoms with Crippen LogP contribution in [0.25, 0.3) is 0 Å². The van der Waals surface area contributed by atoms with Crippen molar-refractivity contribution in [3.63, 3.8) is 0 Å². The van der Waals surface area contributed by atoms with Crippen LogP contribution in [0.2, 0.25) is 0 Å². The van der Waals surface area contributed by atoms with E-state index in [-0.39, 0.29) is 18.2 Å². The van der Waals surface area contributed by atoms with Crippen molar-refractivity contribution >= 4 is 0 Å². The lowest BCUT2D eigenvalue weighted by atomic mass is 10.1. The summed E-state index contributed by atoms with van der Waals surface area (Å²) in [5.74, 6) is 6.15. The third-order valence-electron chi connectivity index (χ3n) is 2.58. The van der Waals surface area contributed by atoms with Crippen molar-refractivity contribution in [3.8, 4) is 0 Å². The molecule has 14 heavy (non-hydrogen) atoms. The molecule has 0 aromatic heterocycles. The summed E-state index contributed by atoms with van der Waals surface area (Å²) < 4.78 is 11.0. The number of methoxy groups -OCH3 is 1. The zero-order chi connectivity index (χ0) is 10.6. The molecule has 1 aliphatic rings. The Bertz CT molecular complexity index is 160. The zero-order valence-corrected chi connectivity index (χ0v) is 9.32. The van der Waals surface area contributed by atoms with Gasteiger partial charge in [0.05, 0.1) is 24.9 Å². The molecule has 4 nitrogen and oxygen atoms in total. The molecule has 0 spiro atoms. The molecule has 0 radical (unpaired) electrons. The van der Waals surface area contributed by atoms with Crippen LogP contribution in [-0.4, -0.2) is 32.0 Å². The first-order chi connectivity index (χ1) is 6.69.